The molecule has 20 heavy (non-hydrogen) atoms. The number of fused-ring (bicyclic) bond motifs is 3. The van der Waals surface area contributed by atoms with E-state index in [2.05, 4.69) is 15.3 Å². The lowest BCUT2D eigenvalue weighted by molar-refractivity contribution is 0.0937. The molecule has 0 radical (unpaired) electrons. The molecule has 0 bridgehead atoms. The van der Waals surface area contributed by atoms with E-state index in [1.165, 1.54) is 0 Å². The Morgan fingerprint density at radius 3 is 2.95 bits per heavy atom. The van der Waals surface area contributed by atoms with E-state index in [4.69, 9.17) is 0 Å². The van der Waals surface area contributed by atoms with Gasteiger partial charge >= 0.3 is 0 Å². The topological polar surface area (TPSA) is 59.3 Å². The molecule has 1 aromatic carbocycles. The van der Waals surface area contributed by atoms with Crippen LogP contribution in [-0.4, -0.2) is 27.7 Å². The van der Waals surface area contributed by atoms with Crippen molar-refractivity contribution in [3.63, 3.8) is 0 Å². The molecule has 102 valence electrons. The summed E-state index contributed by atoms with van der Waals surface area (Å²) in [4.78, 5) is 20.8. The number of nitrogens with one attached hydrogen (secondary N) is 1. The van der Waals surface area contributed by atoms with Crippen molar-refractivity contribution in [3.05, 3.63) is 47.5 Å². The Kier molecular flexibility index (Phi) is 3.10. The molecule has 0 saturated heterocycles. The smallest absolute Gasteiger partial charge is 0.272 e. The average molecular weight is 268 g/mol. The SMILES string of the molecule is CC(C)NC(=O)c1ncn2c1CN=Cc1ccccc1-2. The lowest BCUT2D eigenvalue weighted by Gasteiger charge is -2.09. The summed E-state index contributed by atoms with van der Waals surface area (Å²) in [6.45, 7) is 4.32. The number of hydrogen-bond acceptors (Lipinski definition) is 3. The Morgan fingerprint density at radius 1 is 1.35 bits per heavy atom. The van der Waals surface area contributed by atoms with Crippen LogP contribution in [0.5, 0.6) is 0 Å². The molecule has 5 heteroatoms. The highest BCUT2D eigenvalue weighted by molar-refractivity contribution is 5.94. The molecule has 1 amide bonds. The van der Waals surface area contributed by atoms with Crippen molar-refractivity contribution >= 4 is 12.1 Å². The predicted octanol–water partition coefficient (Wildman–Crippen LogP) is 1.94. The minimum atomic E-state index is -0.150. The highest BCUT2D eigenvalue weighted by Crippen LogP contribution is 2.21. The molecule has 1 N–H and O–H groups in total. The number of amides is 1. The monoisotopic (exact) mass is 268 g/mol. The summed E-state index contributed by atoms with van der Waals surface area (Å²) >= 11 is 0. The first-order chi connectivity index (χ1) is 9.66. The molecule has 5 nitrogen and oxygen atoms in total. The van der Waals surface area contributed by atoms with Crippen molar-refractivity contribution in [1.29, 1.82) is 0 Å². The van der Waals surface area contributed by atoms with Gasteiger partial charge in [0, 0.05) is 17.8 Å². The molecular formula is C15H16N4O. The molecule has 1 aliphatic rings. The van der Waals surface area contributed by atoms with E-state index < -0.39 is 0 Å². The molecule has 3 rings (SSSR count). The van der Waals surface area contributed by atoms with Gasteiger partial charge in [-0.2, -0.15) is 0 Å². The molecule has 0 fully saturated rings. The fourth-order valence-corrected chi connectivity index (χ4v) is 2.30. The number of nitrogens with zero attached hydrogens (tertiary/aromatic N) is 3. The van der Waals surface area contributed by atoms with Gasteiger partial charge < -0.3 is 5.32 Å². The number of rotatable bonds is 2. The Balaban J connectivity index is 2.08. The maximum atomic E-state index is 12.2. The summed E-state index contributed by atoms with van der Waals surface area (Å²) in [5.74, 6) is -0.150. The first kappa shape index (κ1) is 12.6. The Morgan fingerprint density at radius 2 is 2.15 bits per heavy atom. The van der Waals surface area contributed by atoms with Crippen LogP contribution >= 0.6 is 0 Å². The van der Waals surface area contributed by atoms with Crippen LogP contribution < -0.4 is 5.32 Å². The van der Waals surface area contributed by atoms with Crippen molar-refractivity contribution < 1.29 is 4.79 Å². The van der Waals surface area contributed by atoms with Gasteiger partial charge in [0.2, 0.25) is 0 Å². The maximum Gasteiger partial charge on any atom is 0.272 e. The molecule has 0 unspecified atom stereocenters. The number of imidazole rings is 1. The average Bonchev–Trinajstić information content (AvgIpc) is 2.74. The van der Waals surface area contributed by atoms with E-state index in [-0.39, 0.29) is 11.9 Å². The molecule has 1 aromatic heterocycles. The largest absolute Gasteiger partial charge is 0.348 e. The molecule has 0 spiro atoms. The molecule has 2 aromatic rings. The van der Waals surface area contributed by atoms with Crippen LogP contribution in [0.15, 0.2) is 35.6 Å². The zero-order chi connectivity index (χ0) is 14.1. The summed E-state index contributed by atoms with van der Waals surface area (Å²) in [7, 11) is 0. The van der Waals surface area contributed by atoms with Gasteiger partial charge in [-0.25, -0.2) is 4.98 Å². The maximum absolute atomic E-state index is 12.2. The standard InChI is InChI=1S/C15H16N4O/c1-10(2)18-15(20)14-13-8-16-7-11-5-3-4-6-12(11)19(13)9-17-14/h3-7,9-10H,8H2,1-2H3,(H,18,20). The first-order valence-electron chi connectivity index (χ1n) is 6.63. The van der Waals surface area contributed by atoms with Gasteiger partial charge in [0.25, 0.3) is 5.91 Å². The van der Waals surface area contributed by atoms with Crippen LogP contribution in [0.3, 0.4) is 0 Å². The third-order valence-corrected chi connectivity index (χ3v) is 3.17. The minimum absolute atomic E-state index is 0.0846. The van der Waals surface area contributed by atoms with E-state index >= 15 is 0 Å². The molecular weight excluding hydrogens is 252 g/mol. The van der Waals surface area contributed by atoms with E-state index in [1.54, 1.807) is 6.33 Å². The second kappa shape index (κ2) is 4.92. The Bertz CT molecular complexity index is 685. The fourth-order valence-electron chi connectivity index (χ4n) is 2.30. The number of hydrogen-bond donors (Lipinski definition) is 1. The Labute approximate surface area is 117 Å². The lowest BCUT2D eigenvalue weighted by atomic mass is 10.2. The zero-order valence-corrected chi connectivity index (χ0v) is 11.5. The molecule has 0 aliphatic carbocycles. The van der Waals surface area contributed by atoms with Crippen LogP contribution in [-0.2, 0) is 6.54 Å². The number of benzene rings is 1. The van der Waals surface area contributed by atoms with Crippen LogP contribution in [0.2, 0.25) is 0 Å². The highest BCUT2D eigenvalue weighted by Gasteiger charge is 2.21. The van der Waals surface area contributed by atoms with Crippen LogP contribution in [0, 0.1) is 0 Å². The second-order valence-corrected chi connectivity index (χ2v) is 5.07. The van der Waals surface area contributed by atoms with Crippen LogP contribution in [0.25, 0.3) is 5.69 Å². The molecule has 1 aliphatic heterocycles. The van der Waals surface area contributed by atoms with Gasteiger partial charge in [-0.05, 0) is 19.9 Å². The predicted molar refractivity (Wildman–Crippen MR) is 77.5 cm³/mol. The van der Waals surface area contributed by atoms with Crippen molar-refractivity contribution in [2.75, 3.05) is 0 Å². The van der Waals surface area contributed by atoms with Crippen molar-refractivity contribution in [3.8, 4) is 5.69 Å². The third-order valence-electron chi connectivity index (χ3n) is 3.17. The normalized spacial score (nSPS) is 12.8. The Hall–Kier alpha value is -2.43. The van der Waals surface area contributed by atoms with E-state index in [0.717, 1.165) is 16.9 Å². The number of para-hydroxylation sites is 1. The van der Waals surface area contributed by atoms with Gasteiger partial charge in [-0.15, -0.1) is 0 Å². The van der Waals surface area contributed by atoms with Gasteiger partial charge in [0.1, 0.15) is 6.33 Å². The fraction of sp³-hybridized carbons (Fsp3) is 0.267. The summed E-state index contributed by atoms with van der Waals surface area (Å²) in [5.41, 5.74) is 3.30. The van der Waals surface area contributed by atoms with E-state index in [0.29, 0.717) is 12.2 Å². The van der Waals surface area contributed by atoms with Crippen molar-refractivity contribution in [2.24, 2.45) is 4.99 Å². The van der Waals surface area contributed by atoms with Gasteiger partial charge in [-0.1, -0.05) is 18.2 Å². The third kappa shape index (κ3) is 2.11. The minimum Gasteiger partial charge on any atom is -0.348 e. The van der Waals surface area contributed by atoms with Crippen molar-refractivity contribution in [1.82, 2.24) is 14.9 Å². The molecule has 0 saturated carbocycles. The summed E-state index contributed by atoms with van der Waals surface area (Å²) in [5, 5.41) is 2.87. The van der Waals surface area contributed by atoms with Gasteiger partial charge in [-0.3, -0.25) is 14.4 Å². The highest BCUT2D eigenvalue weighted by atomic mass is 16.2. The summed E-state index contributed by atoms with van der Waals surface area (Å²) < 4.78 is 1.94. The van der Waals surface area contributed by atoms with E-state index in [1.807, 2.05) is 48.9 Å². The number of carbonyl (C=O) groups excluding carboxylic acids is 1. The summed E-state index contributed by atoms with van der Waals surface area (Å²) in [6.07, 6.45) is 3.53. The zero-order valence-electron chi connectivity index (χ0n) is 11.5. The molecule has 2 heterocycles. The number of carbonyl (C=O) groups is 1. The first-order valence-corrected chi connectivity index (χ1v) is 6.63. The van der Waals surface area contributed by atoms with Gasteiger partial charge in [0.15, 0.2) is 5.69 Å². The number of aromatic nitrogens is 2. The van der Waals surface area contributed by atoms with Crippen molar-refractivity contribution in [2.45, 2.75) is 26.4 Å². The quantitative estimate of drug-likeness (QED) is 0.905. The second-order valence-electron chi connectivity index (χ2n) is 5.07. The molecule has 0 atom stereocenters. The van der Waals surface area contributed by atoms with E-state index in [9.17, 15) is 4.79 Å². The van der Waals surface area contributed by atoms with Crippen LogP contribution in [0.1, 0.15) is 35.6 Å². The number of aliphatic imine (C=N–C) groups is 1. The lowest BCUT2D eigenvalue weighted by Crippen LogP contribution is -2.31. The van der Waals surface area contributed by atoms with Crippen LogP contribution in [0.4, 0.5) is 0 Å². The summed E-state index contributed by atoms with van der Waals surface area (Å²) in [6, 6.07) is 8.03. The van der Waals surface area contributed by atoms with Gasteiger partial charge in [0.05, 0.1) is 17.9 Å².